The van der Waals surface area contributed by atoms with Crippen molar-refractivity contribution in [3.05, 3.63) is 28.8 Å². The van der Waals surface area contributed by atoms with E-state index in [1.54, 1.807) is 39.0 Å². The second kappa shape index (κ2) is 8.17. The van der Waals surface area contributed by atoms with E-state index in [9.17, 15) is 9.59 Å². The van der Waals surface area contributed by atoms with Gasteiger partial charge in [-0.1, -0.05) is 11.6 Å². The van der Waals surface area contributed by atoms with Gasteiger partial charge < -0.3 is 20.5 Å². The molecule has 0 saturated heterocycles. The summed E-state index contributed by atoms with van der Waals surface area (Å²) in [5.41, 5.74) is 0.714. The van der Waals surface area contributed by atoms with Crippen molar-refractivity contribution in [1.29, 1.82) is 0 Å². The van der Waals surface area contributed by atoms with Gasteiger partial charge in [0.25, 0.3) is 0 Å². The number of ether oxygens (including phenoxy) is 1. The maximum absolute atomic E-state index is 12.3. The summed E-state index contributed by atoms with van der Waals surface area (Å²) >= 11 is 5.94. The van der Waals surface area contributed by atoms with Gasteiger partial charge in [0, 0.05) is 17.3 Å². The van der Waals surface area contributed by atoms with Gasteiger partial charge in [0.1, 0.15) is 11.6 Å². The van der Waals surface area contributed by atoms with Gasteiger partial charge in [-0.15, -0.1) is 0 Å². The van der Waals surface area contributed by atoms with Crippen molar-refractivity contribution in [3.8, 4) is 0 Å². The van der Waals surface area contributed by atoms with Crippen molar-refractivity contribution in [1.82, 2.24) is 5.32 Å². The van der Waals surface area contributed by atoms with Crippen molar-refractivity contribution >= 4 is 29.3 Å². The molecule has 1 aromatic carbocycles. The Kier molecular flexibility index (Phi) is 6.84. The summed E-state index contributed by atoms with van der Waals surface area (Å²) in [6.45, 7) is 6.76. The molecule has 1 atom stereocenters. The fourth-order valence-electron chi connectivity index (χ4n) is 1.80. The predicted octanol–water partition coefficient (Wildman–Crippen LogP) is 2.86. The monoisotopic (exact) mass is 342 g/mol. The first-order chi connectivity index (χ1) is 10.6. The molecule has 3 N–H and O–H groups in total. The molecule has 128 valence electrons. The molecular weight excluding hydrogens is 320 g/mol. The van der Waals surface area contributed by atoms with Crippen LogP contribution >= 0.6 is 11.6 Å². The van der Waals surface area contributed by atoms with E-state index >= 15 is 0 Å². The van der Waals surface area contributed by atoms with Crippen LogP contribution in [0.25, 0.3) is 0 Å². The lowest BCUT2D eigenvalue weighted by Gasteiger charge is -2.23. The molecule has 0 aliphatic carbocycles. The maximum atomic E-state index is 12.3. The second-order valence-corrected chi connectivity index (χ2v) is 6.57. The third kappa shape index (κ3) is 6.88. The summed E-state index contributed by atoms with van der Waals surface area (Å²) in [4.78, 5) is 24.1. The van der Waals surface area contributed by atoms with Crippen LogP contribution in [0.4, 0.5) is 10.5 Å². The number of nitrogens with one attached hydrogen (secondary N) is 2. The Bertz CT molecular complexity index is 570. The molecule has 0 aliphatic heterocycles. The lowest BCUT2D eigenvalue weighted by atomic mass is 10.1. The van der Waals surface area contributed by atoms with E-state index in [1.165, 1.54) is 0 Å². The van der Waals surface area contributed by atoms with E-state index in [4.69, 9.17) is 21.4 Å². The lowest BCUT2D eigenvalue weighted by molar-refractivity contribution is -0.118. The van der Waals surface area contributed by atoms with Crippen LogP contribution in [0.3, 0.4) is 0 Å². The van der Waals surface area contributed by atoms with Crippen LogP contribution in [-0.4, -0.2) is 35.4 Å². The highest BCUT2D eigenvalue weighted by molar-refractivity contribution is 6.31. The number of aliphatic hydroxyl groups excluding tert-OH is 1. The zero-order valence-corrected chi connectivity index (χ0v) is 14.5. The molecule has 0 aromatic heterocycles. The Morgan fingerprint density at radius 2 is 2.00 bits per heavy atom. The number of alkyl carbamates (subject to hydrolysis) is 1. The lowest BCUT2D eigenvalue weighted by Crippen LogP contribution is -2.46. The average Bonchev–Trinajstić information content (AvgIpc) is 2.40. The highest BCUT2D eigenvalue weighted by Crippen LogP contribution is 2.19. The van der Waals surface area contributed by atoms with Gasteiger partial charge in [0.15, 0.2) is 0 Å². The minimum absolute atomic E-state index is 0.0810. The standard InChI is InChI=1S/C16H23ClN2O4/c1-10-9-11(5-6-12(10)17)18-14(21)13(7-8-20)19-15(22)23-16(2,3)4/h5-6,9,13,20H,7-8H2,1-4H3,(H,18,21)(H,19,22)/t13-/m0/s1. The van der Waals surface area contributed by atoms with Crippen LogP contribution in [0.15, 0.2) is 18.2 Å². The minimum Gasteiger partial charge on any atom is -0.444 e. The third-order valence-corrected chi connectivity index (χ3v) is 3.27. The highest BCUT2D eigenvalue weighted by Gasteiger charge is 2.24. The number of amides is 2. The smallest absolute Gasteiger partial charge is 0.408 e. The number of rotatable bonds is 5. The van der Waals surface area contributed by atoms with Crippen molar-refractivity contribution in [2.75, 3.05) is 11.9 Å². The van der Waals surface area contributed by atoms with E-state index in [0.29, 0.717) is 10.7 Å². The van der Waals surface area contributed by atoms with E-state index in [-0.39, 0.29) is 13.0 Å². The molecule has 1 aromatic rings. The van der Waals surface area contributed by atoms with E-state index in [2.05, 4.69) is 10.6 Å². The zero-order valence-electron chi connectivity index (χ0n) is 13.8. The van der Waals surface area contributed by atoms with Gasteiger partial charge in [0.2, 0.25) is 5.91 Å². The number of hydrogen-bond donors (Lipinski definition) is 3. The number of benzene rings is 1. The Hall–Kier alpha value is -1.79. The fraction of sp³-hybridized carbons (Fsp3) is 0.500. The zero-order chi connectivity index (χ0) is 17.6. The summed E-state index contributed by atoms with van der Waals surface area (Å²) in [6.07, 6.45) is -0.629. The Morgan fingerprint density at radius 3 is 2.52 bits per heavy atom. The molecule has 0 heterocycles. The average molecular weight is 343 g/mol. The maximum Gasteiger partial charge on any atom is 0.408 e. The van der Waals surface area contributed by atoms with E-state index in [1.807, 2.05) is 6.92 Å². The van der Waals surface area contributed by atoms with Gasteiger partial charge in [-0.25, -0.2) is 4.79 Å². The molecule has 0 bridgehead atoms. The third-order valence-electron chi connectivity index (χ3n) is 2.85. The molecule has 7 heteroatoms. The minimum atomic E-state index is -0.897. The fourth-order valence-corrected chi connectivity index (χ4v) is 1.92. The first-order valence-corrected chi connectivity index (χ1v) is 7.67. The summed E-state index contributed by atoms with van der Waals surface area (Å²) < 4.78 is 5.12. The molecule has 6 nitrogen and oxygen atoms in total. The normalized spacial score (nSPS) is 12.4. The van der Waals surface area contributed by atoms with Gasteiger partial charge >= 0.3 is 6.09 Å². The summed E-state index contributed by atoms with van der Waals surface area (Å²) in [5.74, 6) is -0.438. The molecule has 0 saturated carbocycles. The van der Waals surface area contributed by atoms with E-state index in [0.717, 1.165) is 5.56 Å². The van der Waals surface area contributed by atoms with Gasteiger partial charge in [-0.05, 0) is 57.9 Å². The van der Waals surface area contributed by atoms with Gasteiger partial charge in [-0.3, -0.25) is 4.79 Å². The number of anilines is 1. The second-order valence-electron chi connectivity index (χ2n) is 6.16. The number of hydrogen-bond acceptors (Lipinski definition) is 4. The summed E-state index contributed by atoms with van der Waals surface area (Å²) in [7, 11) is 0. The van der Waals surface area contributed by atoms with Gasteiger partial charge in [-0.2, -0.15) is 0 Å². The van der Waals surface area contributed by atoms with Crippen molar-refractivity contribution < 1.29 is 19.4 Å². The number of aliphatic hydroxyl groups is 1. The molecule has 1 rings (SSSR count). The van der Waals surface area contributed by atoms with Crippen LogP contribution in [0, 0.1) is 6.92 Å². The number of halogens is 1. The van der Waals surface area contributed by atoms with Gasteiger partial charge in [0.05, 0.1) is 0 Å². The molecule has 0 radical (unpaired) electrons. The molecule has 23 heavy (non-hydrogen) atoms. The Morgan fingerprint density at radius 1 is 1.35 bits per heavy atom. The first-order valence-electron chi connectivity index (χ1n) is 7.30. The predicted molar refractivity (Wildman–Crippen MR) is 89.7 cm³/mol. The molecular formula is C16H23ClN2O4. The molecule has 2 amide bonds. The quantitative estimate of drug-likeness (QED) is 0.767. The van der Waals surface area contributed by atoms with Crippen molar-refractivity contribution in [3.63, 3.8) is 0 Å². The van der Waals surface area contributed by atoms with Crippen LogP contribution in [0.2, 0.25) is 5.02 Å². The van der Waals surface area contributed by atoms with Crippen LogP contribution in [0.1, 0.15) is 32.8 Å². The first kappa shape index (κ1) is 19.3. The van der Waals surface area contributed by atoms with Crippen LogP contribution < -0.4 is 10.6 Å². The Labute approximate surface area is 141 Å². The molecule has 0 unspecified atom stereocenters. The van der Waals surface area contributed by atoms with Crippen molar-refractivity contribution in [2.24, 2.45) is 0 Å². The topological polar surface area (TPSA) is 87.7 Å². The van der Waals surface area contributed by atoms with Crippen molar-refractivity contribution in [2.45, 2.75) is 45.8 Å². The molecule has 0 fully saturated rings. The molecule has 0 aliphatic rings. The SMILES string of the molecule is Cc1cc(NC(=O)[C@H](CCO)NC(=O)OC(C)(C)C)ccc1Cl. The number of aryl methyl sites for hydroxylation is 1. The summed E-state index contributed by atoms with van der Waals surface area (Å²) in [5, 5.41) is 14.8. The Balaban J connectivity index is 2.73. The highest BCUT2D eigenvalue weighted by atomic mass is 35.5. The molecule has 0 spiro atoms. The number of carbonyl (C=O) groups is 2. The van der Waals surface area contributed by atoms with Crippen LogP contribution in [-0.2, 0) is 9.53 Å². The van der Waals surface area contributed by atoms with Crippen LogP contribution in [0.5, 0.6) is 0 Å². The number of carbonyl (C=O) groups excluding carboxylic acids is 2. The summed E-state index contributed by atoms with van der Waals surface area (Å²) in [6, 6.07) is 4.17. The van der Waals surface area contributed by atoms with E-state index < -0.39 is 23.6 Å². The largest absolute Gasteiger partial charge is 0.444 e.